The minimum absolute atomic E-state index is 0.152. The van der Waals surface area contributed by atoms with Crippen molar-refractivity contribution in [2.45, 2.75) is 47.5 Å². The van der Waals surface area contributed by atoms with Crippen molar-refractivity contribution in [1.82, 2.24) is 14.9 Å². The normalized spacial score (nSPS) is 10.8. The van der Waals surface area contributed by atoms with Crippen LogP contribution < -0.4 is 5.32 Å². The molecule has 0 aliphatic rings. The second kappa shape index (κ2) is 8.94. The highest BCUT2D eigenvalue weighted by Crippen LogP contribution is 2.23. The van der Waals surface area contributed by atoms with Crippen LogP contribution in [0.25, 0.3) is 5.69 Å². The van der Waals surface area contributed by atoms with Gasteiger partial charge in [0.25, 0.3) is 5.91 Å². The SMILES string of the molecule is Cc1ccc(-n2nc(C)c(NC(=O)COC(=O)CCc3c(C)noc3C)c2C)cc1. The van der Waals surface area contributed by atoms with Gasteiger partial charge in [0.05, 0.1) is 28.5 Å². The molecule has 1 N–H and O–H groups in total. The smallest absolute Gasteiger partial charge is 0.306 e. The van der Waals surface area contributed by atoms with Gasteiger partial charge in [-0.2, -0.15) is 5.10 Å². The van der Waals surface area contributed by atoms with Gasteiger partial charge in [0.1, 0.15) is 5.76 Å². The van der Waals surface area contributed by atoms with Crippen molar-refractivity contribution < 1.29 is 18.8 Å². The van der Waals surface area contributed by atoms with E-state index in [4.69, 9.17) is 9.26 Å². The number of benzene rings is 1. The first kappa shape index (κ1) is 21.3. The zero-order chi connectivity index (χ0) is 21.8. The number of nitrogens with zero attached hydrogens (tertiary/aromatic N) is 3. The third-order valence-electron chi connectivity index (χ3n) is 4.96. The van der Waals surface area contributed by atoms with E-state index in [1.165, 1.54) is 0 Å². The molecule has 0 aliphatic carbocycles. The number of aromatic nitrogens is 3. The molecule has 0 radical (unpaired) electrons. The molecule has 30 heavy (non-hydrogen) atoms. The lowest BCUT2D eigenvalue weighted by Gasteiger charge is -2.08. The maximum atomic E-state index is 12.3. The van der Waals surface area contributed by atoms with Crippen LogP contribution in [0, 0.1) is 34.6 Å². The zero-order valence-electron chi connectivity index (χ0n) is 17.9. The highest BCUT2D eigenvalue weighted by atomic mass is 16.5. The molecular weight excluding hydrogens is 384 g/mol. The van der Waals surface area contributed by atoms with Gasteiger partial charge in [0.2, 0.25) is 0 Å². The molecule has 3 rings (SSSR count). The van der Waals surface area contributed by atoms with Crippen molar-refractivity contribution in [3.8, 4) is 5.69 Å². The molecule has 158 valence electrons. The number of hydrogen-bond acceptors (Lipinski definition) is 6. The molecule has 0 bridgehead atoms. The van der Waals surface area contributed by atoms with E-state index in [0.29, 0.717) is 23.6 Å². The van der Waals surface area contributed by atoms with E-state index >= 15 is 0 Å². The van der Waals surface area contributed by atoms with Crippen LogP contribution in [0.4, 0.5) is 5.69 Å². The number of rotatable bonds is 7. The van der Waals surface area contributed by atoms with E-state index in [-0.39, 0.29) is 13.0 Å². The summed E-state index contributed by atoms with van der Waals surface area (Å²) in [6.07, 6.45) is 0.614. The summed E-state index contributed by atoms with van der Waals surface area (Å²) in [5.41, 5.74) is 5.83. The number of carbonyl (C=O) groups is 2. The summed E-state index contributed by atoms with van der Waals surface area (Å²) in [6, 6.07) is 7.96. The maximum Gasteiger partial charge on any atom is 0.306 e. The van der Waals surface area contributed by atoms with Crippen LogP contribution in [0.5, 0.6) is 0 Å². The van der Waals surface area contributed by atoms with Gasteiger partial charge in [-0.15, -0.1) is 0 Å². The molecule has 1 aromatic carbocycles. The number of anilines is 1. The number of carbonyl (C=O) groups excluding carboxylic acids is 2. The highest BCUT2D eigenvalue weighted by molar-refractivity contribution is 5.93. The second-order valence-corrected chi connectivity index (χ2v) is 7.30. The summed E-state index contributed by atoms with van der Waals surface area (Å²) in [7, 11) is 0. The lowest BCUT2D eigenvalue weighted by Crippen LogP contribution is -2.21. The summed E-state index contributed by atoms with van der Waals surface area (Å²) in [5, 5.41) is 11.2. The molecule has 0 fully saturated rings. The van der Waals surface area contributed by atoms with Gasteiger partial charge in [0.15, 0.2) is 6.61 Å². The van der Waals surface area contributed by atoms with Crippen molar-refractivity contribution in [2.24, 2.45) is 0 Å². The highest BCUT2D eigenvalue weighted by Gasteiger charge is 2.17. The van der Waals surface area contributed by atoms with E-state index in [1.54, 1.807) is 11.6 Å². The number of nitrogens with one attached hydrogen (secondary N) is 1. The Morgan fingerprint density at radius 1 is 1.07 bits per heavy atom. The van der Waals surface area contributed by atoms with Crippen LogP contribution in [0.1, 0.15) is 40.4 Å². The second-order valence-electron chi connectivity index (χ2n) is 7.30. The fourth-order valence-electron chi connectivity index (χ4n) is 3.24. The molecule has 0 aliphatic heterocycles. The van der Waals surface area contributed by atoms with Crippen LogP contribution >= 0.6 is 0 Å². The standard InChI is InChI=1S/C22H26N4O4/c1-13-6-8-18(9-7-13)26-16(4)22(15(3)24-26)23-20(27)12-29-21(28)11-10-19-14(2)25-30-17(19)5/h6-9H,10-12H2,1-5H3,(H,23,27). The van der Waals surface area contributed by atoms with E-state index in [0.717, 1.165) is 28.2 Å². The molecular formula is C22H26N4O4. The van der Waals surface area contributed by atoms with Gasteiger partial charge >= 0.3 is 5.97 Å². The average molecular weight is 410 g/mol. The van der Waals surface area contributed by atoms with Crippen molar-refractivity contribution in [2.75, 3.05) is 11.9 Å². The van der Waals surface area contributed by atoms with Gasteiger partial charge in [0, 0.05) is 12.0 Å². The third-order valence-corrected chi connectivity index (χ3v) is 4.96. The monoisotopic (exact) mass is 410 g/mol. The molecule has 0 spiro atoms. The average Bonchev–Trinajstić information content (AvgIpc) is 3.18. The summed E-state index contributed by atoms with van der Waals surface area (Å²) >= 11 is 0. The van der Waals surface area contributed by atoms with Crippen molar-refractivity contribution in [3.05, 3.63) is 58.2 Å². The minimum Gasteiger partial charge on any atom is -0.456 e. The fraction of sp³-hybridized carbons (Fsp3) is 0.364. The summed E-state index contributed by atoms with van der Waals surface area (Å²) < 4.78 is 12.0. The lowest BCUT2D eigenvalue weighted by molar-refractivity contribution is -0.147. The first-order valence-electron chi connectivity index (χ1n) is 9.76. The molecule has 0 saturated heterocycles. The van der Waals surface area contributed by atoms with Crippen molar-refractivity contribution in [1.29, 1.82) is 0 Å². The number of esters is 1. The molecule has 0 atom stereocenters. The molecule has 8 nitrogen and oxygen atoms in total. The summed E-state index contributed by atoms with van der Waals surface area (Å²) in [5.74, 6) is -0.168. The summed E-state index contributed by atoms with van der Waals surface area (Å²) in [6.45, 7) is 9.00. The maximum absolute atomic E-state index is 12.3. The van der Waals surface area contributed by atoms with E-state index in [1.807, 2.05) is 52.0 Å². The van der Waals surface area contributed by atoms with Gasteiger partial charge < -0.3 is 14.6 Å². The Kier molecular flexibility index (Phi) is 6.34. The van der Waals surface area contributed by atoms with Gasteiger partial charge in [-0.25, -0.2) is 4.68 Å². The van der Waals surface area contributed by atoms with E-state index < -0.39 is 11.9 Å². The molecule has 2 heterocycles. The predicted octanol–water partition coefficient (Wildman–Crippen LogP) is 3.52. The van der Waals surface area contributed by atoms with Gasteiger partial charge in [-0.05, 0) is 53.2 Å². The molecule has 3 aromatic rings. The number of aryl methyl sites for hydroxylation is 4. The largest absolute Gasteiger partial charge is 0.456 e. The Hall–Kier alpha value is -3.42. The Labute approximate surface area is 175 Å². The van der Waals surface area contributed by atoms with Crippen LogP contribution in [-0.4, -0.2) is 33.4 Å². The number of amides is 1. The van der Waals surface area contributed by atoms with Crippen molar-refractivity contribution in [3.63, 3.8) is 0 Å². The molecule has 2 aromatic heterocycles. The number of ether oxygens (including phenoxy) is 1. The Morgan fingerprint density at radius 3 is 2.40 bits per heavy atom. The van der Waals surface area contributed by atoms with Crippen molar-refractivity contribution >= 4 is 17.6 Å². The number of hydrogen-bond donors (Lipinski definition) is 1. The van der Waals surface area contributed by atoms with Gasteiger partial charge in [-0.1, -0.05) is 22.9 Å². The first-order chi connectivity index (χ1) is 14.3. The summed E-state index contributed by atoms with van der Waals surface area (Å²) in [4.78, 5) is 24.3. The van der Waals surface area contributed by atoms with Crippen LogP contribution in [-0.2, 0) is 20.7 Å². The van der Waals surface area contributed by atoms with Crippen LogP contribution in [0.2, 0.25) is 0 Å². The Morgan fingerprint density at radius 2 is 1.77 bits per heavy atom. The topological polar surface area (TPSA) is 99.2 Å². The molecule has 8 heteroatoms. The quantitative estimate of drug-likeness (QED) is 0.599. The Bertz CT molecular complexity index is 1040. The fourth-order valence-corrected chi connectivity index (χ4v) is 3.24. The van der Waals surface area contributed by atoms with Gasteiger partial charge in [-0.3, -0.25) is 9.59 Å². The lowest BCUT2D eigenvalue weighted by atomic mass is 10.1. The molecule has 0 saturated carbocycles. The van der Waals surface area contributed by atoms with E-state index in [9.17, 15) is 9.59 Å². The molecule has 1 amide bonds. The van der Waals surface area contributed by atoms with Crippen LogP contribution in [0.15, 0.2) is 28.8 Å². The third kappa shape index (κ3) is 4.76. The minimum atomic E-state index is -0.450. The predicted molar refractivity (Wildman–Crippen MR) is 112 cm³/mol. The molecule has 0 unspecified atom stereocenters. The zero-order valence-corrected chi connectivity index (χ0v) is 17.9. The van der Waals surface area contributed by atoms with E-state index in [2.05, 4.69) is 15.6 Å². The Balaban J connectivity index is 1.56. The van der Waals surface area contributed by atoms with Crippen LogP contribution in [0.3, 0.4) is 0 Å². The first-order valence-corrected chi connectivity index (χ1v) is 9.76.